The summed E-state index contributed by atoms with van der Waals surface area (Å²) < 4.78 is 13.4. The highest BCUT2D eigenvalue weighted by atomic mass is 19.1. The van der Waals surface area contributed by atoms with E-state index in [2.05, 4.69) is 11.5 Å². The van der Waals surface area contributed by atoms with E-state index in [1.807, 2.05) is 0 Å². The maximum atomic E-state index is 13.4. The molecular formula is C15H22FN3. The number of nitrogen functional groups attached to an aromatic ring is 1. The van der Waals surface area contributed by atoms with E-state index in [0.717, 1.165) is 24.8 Å². The third-order valence-corrected chi connectivity index (χ3v) is 3.72. The van der Waals surface area contributed by atoms with E-state index in [0.29, 0.717) is 5.69 Å². The molecule has 5 N–H and O–H groups in total. The van der Waals surface area contributed by atoms with Crippen LogP contribution in [0.15, 0.2) is 29.8 Å². The van der Waals surface area contributed by atoms with Crippen molar-refractivity contribution < 1.29 is 4.39 Å². The molecule has 0 spiro atoms. The van der Waals surface area contributed by atoms with Gasteiger partial charge in [-0.15, -0.1) is 0 Å². The molecule has 0 saturated heterocycles. The number of nitrogens with two attached hydrogens (primary N) is 2. The van der Waals surface area contributed by atoms with Gasteiger partial charge in [-0.3, -0.25) is 5.84 Å². The maximum Gasteiger partial charge on any atom is 0.123 e. The quantitative estimate of drug-likeness (QED) is 0.339. The number of benzene rings is 1. The summed E-state index contributed by atoms with van der Waals surface area (Å²) >= 11 is 0. The summed E-state index contributed by atoms with van der Waals surface area (Å²) in [4.78, 5) is 0. The number of hydrogen-bond donors (Lipinski definition) is 3. The molecule has 1 aliphatic rings. The van der Waals surface area contributed by atoms with Crippen molar-refractivity contribution in [1.82, 2.24) is 5.43 Å². The number of rotatable bonds is 3. The minimum Gasteiger partial charge on any atom is -0.398 e. The van der Waals surface area contributed by atoms with Crippen LogP contribution in [0.2, 0.25) is 0 Å². The van der Waals surface area contributed by atoms with Crippen molar-refractivity contribution >= 4 is 5.69 Å². The molecule has 0 heterocycles. The molecule has 0 aliphatic heterocycles. The molecule has 1 aromatic carbocycles. The van der Waals surface area contributed by atoms with Gasteiger partial charge in [0.05, 0.1) is 6.04 Å². The van der Waals surface area contributed by atoms with Crippen molar-refractivity contribution in [2.24, 2.45) is 5.84 Å². The third kappa shape index (κ3) is 3.55. The molecule has 1 aromatic rings. The Balaban J connectivity index is 2.29. The lowest BCUT2D eigenvalue weighted by atomic mass is 9.90. The van der Waals surface area contributed by atoms with E-state index in [1.165, 1.54) is 37.0 Å². The molecule has 1 unspecified atom stereocenters. The van der Waals surface area contributed by atoms with Gasteiger partial charge >= 0.3 is 0 Å². The zero-order chi connectivity index (χ0) is 13.7. The second-order valence-corrected chi connectivity index (χ2v) is 5.10. The lowest BCUT2D eigenvalue weighted by molar-refractivity contribution is 0.551. The molecule has 4 heteroatoms. The van der Waals surface area contributed by atoms with E-state index < -0.39 is 0 Å². The summed E-state index contributed by atoms with van der Waals surface area (Å²) in [6.45, 7) is 0. The van der Waals surface area contributed by atoms with Crippen LogP contribution in [-0.2, 0) is 0 Å². The second-order valence-electron chi connectivity index (χ2n) is 5.10. The summed E-state index contributed by atoms with van der Waals surface area (Å²) in [6, 6.07) is 4.26. The van der Waals surface area contributed by atoms with Gasteiger partial charge in [-0.05, 0) is 43.9 Å². The summed E-state index contributed by atoms with van der Waals surface area (Å²) in [7, 11) is 0. The Bertz CT molecular complexity index is 457. The molecule has 2 rings (SSSR count). The predicted octanol–water partition coefficient (Wildman–Crippen LogP) is 3.19. The van der Waals surface area contributed by atoms with Crippen LogP contribution in [0.4, 0.5) is 10.1 Å². The fraction of sp³-hybridized carbons (Fsp3) is 0.467. The lowest BCUT2D eigenvalue weighted by Crippen LogP contribution is -2.30. The van der Waals surface area contributed by atoms with Crippen molar-refractivity contribution in [3.8, 4) is 0 Å². The Hall–Kier alpha value is -1.39. The van der Waals surface area contributed by atoms with Gasteiger partial charge in [-0.2, -0.15) is 0 Å². The van der Waals surface area contributed by atoms with E-state index in [1.54, 1.807) is 6.07 Å². The molecule has 0 fully saturated rings. The van der Waals surface area contributed by atoms with Crippen LogP contribution < -0.4 is 17.0 Å². The molecule has 0 aromatic heterocycles. The number of anilines is 1. The molecular weight excluding hydrogens is 241 g/mol. The van der Waals surface area contributed by atoms with Gasteiger partial charge in [0.15, 0.2) is 0 Å². The Morgan fingerprint density at radius 1 is 1.16 bits per heavy atom. The minimum absolute atomic E-state index is 0.186. The van der Waals surface area contributed by atoms with E-state index in [4.69, 9.17) is 11.6 Å². The van der Waals surface area contributed by atoms with E-state index >= 15 is 0 Å². The summed E-state index contributed by atoms with van der Waals surface area (Å²) in [5.41, 5.74) is 11.3. The van der Waals surface area contributed by atoms with Crippen LogP contribution in [0, 0.1) is 5.82 Å². The van der Waals surface area contributed by atoms with E-state index in [9.17, 15) is 4.39 Å². The first-order chi connectivity index (χ1) is 9.22. The van der Waals surface area contributed by atoms with Crippen molar-refractivity contribution in [3.05, 3.63) is 41.2 Å². The number of allylic oxidation sites excluding steroid dienone is 1. The second kappa shape index (κ2) is 6.68. The van der Waals surface area contributed by atoms with Gasteiger partial charge in [-0.1, -0.05) is 24.5 Å². The fourth-order valence-electron chi connectivity index (χ4n) is 2.67. The van der Waals surface area contributed by atoms with Crippen LogP contribution >= 0.6 is 0 Å². The Morgan fingerprint density at radius 2 is 1.95 bits per heavy atom. The first kappa shape index (κ1) is 14.0. The van der Waals surface area contributed by atoms with E-state index in [-0.39, 0.29) is 11.9 Å². The largest absolute Gasteiger partial charge is 0.398 e. The average molecular weight is 263 g/mol. The first-order valence-electron chi connectivity index (χ1n) is 6.92. The van der Waals surface area contributed by atoms with Gasteiger partial charge in [0.1, 0.15) is 5.82 Å². The summed E-state index contributed by atoms with van der Waals surface area (Å²) in [6.07, 6.45) is 9.17. The standard InChI is InChI=1S/C15H22FN3/c16-12-8-9-14(17)13(10-12)15(19-18)11-6-4-2-1-3-5-7-11/h6,8-10,15,19H,1-5,7,17-18H2/b11-6+. The number of hydrazine groups is 1. The van der Waals surface area contributed by atoms with Crippen LogP contribution in [0.1, 0.15) is 50.1 Å². The highest BCUT2D eigenvalue weighted by molar-refractivity contribution is 5.51. The number of hydrogen-bond acceptors (Lipinski definition) is 3. The highest BCUT2D eigenvalue weighted by Crippen LogP contribution is 2.31. The third-order valence-electron chi connectivity index (χ3n) is 3.72. The van der Waals surface area contributed by atoms with Crippen LogP contribution in [-0.4, -0.2) is 0 Å². The molecule has 1 atom stereocenters. The zero-order valence-corrected chi connectivity index (χ0v) is 11.2. The average Bonchev–Trinajstić information content (AvgIpc) is 2.36. The molecule has 0 bridgehead atoms. The molecule has 0 saturated carbocycles. The van der Waals surface area contributed by atoms with Crippen molar-refractivity contribution in [2.75, 3.05) is 5.73 Å². The molecule has 19 heavy (non-hydrogen) atoms. The lowest BCUT2D eigenvalue weighted by Gasteiger charge is -2.23. The van der Waals surface area contributed by atoms with Gasteiger partial charge in [0.2, 0.25) is 0 Å². The Kier molecular flexibility index (Phi) is 4.93. The highest BCUT2D eigenvalue weighted by Gasteiger charge is 2.18. The molecule has 104 valence electrons. The van der Waals surface area contributed by atoms with Gasteiger partial charge in [0, 0.05) is 11.3 Å². The molecule has 3 nitrogen and oxygen atoms in total. The smallest absolute Gasteiger partial charge is 0.123 e. The topological polar surface area (TPSA) is 64.1 Å². The fourth-order valence-corrected chi connectivity index (χ4v) is 2.67. The SMILES string of the molecule is NNC(/C1=C/CCCCCC1)c1cc(F)ccc1N. The van der Waals surface area contributed by atoms with Crippen molar-refractivity contribution in [1.29, 1.82) is 0 Å². The normalized spacial score (nSPS) is 21.1. The summed E-state index contributed by atoms with van der Waals surface area (Å²) in [5.74, 6) is 5.39. The first-order valence-corrected chi connectivity index (χ1v) is 6.92. The minimum atomic E-state index is -0.282. The molecule has 0 amide bonds. The monoisotopic (exact) mass is 263 g/mol. The van der Waals surface area contributed by atoms with Crippen molar-refractivity contribution in [3.63, 3.8) is 0 Å². The van der Waals surface area contributed by atoms with Crippen molar-refractivity contribution in [2.45, 2.75) is 44.6 Å². The number of halogens is 1. The Labute approximate surface area is 113 Å². The maximum absolute atomic E-state index is 13.4. The van der Waals surface area contributed by atoms with Gasteiger partial charge in [-0.25, -0.2) is 9.82 Å². The number of nitrogens with one attached hydrogen (secondary N) is 1. The van der Waals surface area contributed by atoms with Crippen LogP contribution in [0.3, 0.4) is 0 Å². The summed E-state index contributed by atoms with van der Waals surface area (Å²) in [5, 5.41) is 0. The molecule has 0 radical (unpaired) electrons. The predicted molar refractivity (Wildman–Crippen MR) is 76.7 cm³/mol. The zero-order valence-electron chi connectivity index (χ0n) is 11.2. The Morgan fingerprint density at radius 3 is 2.74 bits per heavy atom. The van der Waals surface area contributed by atoms with Crippen LogP contribution in [0.25, 0.3) is 0 Å². The van der Waals surface area contributed by atoms with Gasteiger partial charge in [0.25, 0.3) is 0 Å². The van der Waals surface area contributed by atoms with Crippen LogP contribution in [0.5, 0.6) is 0 Å². The molecule has 1 aliphatic carbocycles. The van der Waals surface area contributed by atoms with Gasteiger partial charge < -0.3 is 5.73 Å².